The summed E-state index contributed by atoms with van der Waals surface area (Å²) >= 11 is 0. The number of carbonyl (C=O) groups is 1. The highest BCUT2D eigenvalue weighted by Crippen LogP contribution is 2.22. The number of aliphatic hydroxyl groups is 2. The van der Waals surface area contributed by atoms with Crippen LogP contribution in [-0.2, 0) is 9.53 Å². The van der Waals surface area contributed by atoms with Crippen molar-refractivity contribution in [3.8, 4) is 0 Å². The zero-order valence-electron chi connectivity index (χ0n) is 12.5. The Bertz CT molecular complexity index is 216. The van der Waals surface area contributed by atoms with E-state index in [2.05, 4.69) is 6.92 Å². The monoisotopic (exact) mass is 274 g/mol. The number of carbonyl (C=O) groups excluding carboxylic acids is 1. The minimum Gasteiger partial charge on any atom is -0.465 e. The van der Waals surface area contributed by atoms with Crippen LogP contribution in [0.4, 0.5) is 0 Å². The van der Waals surface area contributed by atoms with E-state index in [1.807, 2.05) is 0 Å². The fraction of sp³-hybridized carbons (Fsp3) is 0.933. The van der Waals surface area contributed by atoms with Gasteiger partial charge in [-0.05, 0) is 12.8 Å². The van der Waals surface area contributed by atoms with Crippen LogP contribution in [-0.4, -0.2) is 36.0 Å². The van der Waals surface area contributed by atoms with Gasteiger partial charge in [0, 0.05) is 0 Å². The van der Waals surface area contributed by atoms with Crippen LogP contribution < -0.4 is 0 Å². The van der Waals surface area contributed by atoms with E-state index < -0.39 is 11.4 Å². The molecule has 0 aromatic heterocycles. The van der Waals surface area contributed by atoms with Crippen molar-refractivity contribution in [2.75, 3.05) is 19.8 Å². The van der Waals surface area contributed by atoms with E-state index in [0.29, 0.717) is 13.0 Å². The summed E-state index contributed by atoms with van der Waals surface area (Å²) in [4.78, 5) is 11.8. The lowest BCUT2D eigenvalue weighted by atomic mass is 9.87. The predicted molar refractivity (Wildman–Crippen MR) is 75.8 cm³/mol. The summed E-state index contributed by atoms with van der Waals surface area (Å²) < 4.78 is 5.15. The molecule has 0 unspecified atom stereocenters. The molecular weight excluding hydrogens is 244 g/mol. The van der Waals surface area contributed by atoms with Gasteiger partial charge in [0.05, 0.1) is 19.8 Å². The van der Waals surface area contributed by atoms with E-state index in [1.54, 1.807) is 6.92 Å². The van der Waals surface area contributed by atoms with Crippen LogP contribution in [0, 0.1) is 5.41 Å². The zero-order chi connectivity index (χ0) is 14.6. The lowest BCUT2D eigenvalue weighted by Crippen LogP contribution is -2.39. The zero-order valence-corrected chi connectivity index (χ0v) is 12.5. The first-order valence-corrected chi connectivity index (χ1v) is 7.55. The maximum absolute atomic E-state index is 11.8. The van der Waals surface area contributed by atoms with Crippen molar-refractivity contribution in [2.45, 2.75) is 65.2 Å². The molecule has 0 aliphatic rings. The first-order chi connectivity index (χ1) is 9.16. The minimum atomic E-state index is -1.12. The summed E-state index contributed by atoms with van der Waals surface area (Å²) in [6, 6.07) is 0. The second-order valence-corrected chi connectivity index (χ2v) is 5.21. The number of aliphatic hydroxyl groups excluding tert-OH is 2. The van der Waals surface area contributed by atoms with Crippen LogP contribution in [0.3, 0.4) is 0 Å². The molecule has 0 aromatic carbocycles. The number of ether oxygens (including phenoxy) is 1. The molecule has 0 saturated heterocycles. The molecule has 0 radical (unpaired) electrons. The molecule has 0 rings (SSSR count). The van der Waals surface area contributed by atoms with E-state index in [0.717, 1.165) is 12.8 Å². The Balaban J connectivity index is 3.68. The van der Waals surface area contributed by atoms with E-state index in [4.69, 9.17) is 4.74 Å². The Hall–Kier alpha value is -0.610. The van der Waals surface area contributed by atoms with Crippen LogP contribution in [0.1, 0.15) is 65.2 Å². The predicted octanol–water partition coefficient (Wildman–Crippen LogP) is 2.66. The third-order valence-corrected chi connectivity index (χ3v) is 3.70. The molecule has 0 bridgehead atoms. The van der Waals surface area contributed by atoms with Crippen LogP contribution in [0.2, 0.25) is 0 Å². The number of hydrogen-bond donors (Lipinski definition) is 2. The second-order valence-electron chi connectivity index (χ2n) is 5.21. The summed E-state index contributed by atoms with van der Waals surface area (Å²) in [5, 5.41) is 18.4. The van der Waals surface area contributed by atoms with Crippen LogP contribution >= 0.6 is 0 Å². The SMILES string of the molecule is CCCCCCCCCOC(=O)C(CC)(CO)CO. The van der Waals surface area contributed by atoms with Gasteiger partial charge in [-0.25, -0.2) is 0 Å². The highest BCUT2D eigenvalue weighted by Gasteiger charge is 2.37. The van der Waals surface area contributed by atoms with E-state index in [-0.39, 0.29) is 13.2 Å². The number of esters is 1. The fourth-order valence-corrected chi connectivity index (χ4v) is 1.92. The van der Waals surface area contributed by atoms with Gasteiger partial charge >= 0.3 is 5.97 Å². The van der Waals surface area contributed by atoms with Gasteiger partial charge in [0.1, 0.15) is 5.41 Å². The van der Waals surface area contributed by atoms with Crippen molar-refractivity contribution in [3.63, 3.8) is 0 Å². The Morgan fingerprint density at radius 3 is 1.95 bits per heavy atom. The number of unbranched alkanes of at least 4 members (excludes halogenated alkanes) is 6. The van der Waals surface area contributed by atoms with Gasteiger partial charge in [-0.15, -0.1) is 0 Å². The van der Waals surface area contributed by atoms with Gasteiger partial charge in [0.15, 0.2) is 0 Å². The van der Waals surface area contributed by atoms with Gasteiger partial charge in [0.2, 0.25) is 0 Å². The molecule has 0 heterocycles. The molecule has 0 amide bonds. The van der Waals surface area contributed by atoms with Gasteiger partial charge in [-0.2, -0.15) is 0 Å². The molecule has 0 aliphatic carbocycles. The number of hydrogen-bond acceptors (Lipinski definition) is 4. The average molecular weight is 274 g/mol. The molecular formula is C15H30O4. The molecule has 2 N–H and O–H groups in total. The molecule has 4 nitrogen and oxygen atoms in total. The van der Waals surface area contributed by atoms with E-state index in [1.165, 1.54) is 32.1 Å². The van der Waals surface area contributed by atoms with E-state index in [9.17, 15) is 15.0 Å². The standard InChI is InChI=1S/C15H30O4/c1-3-5-6-7-8-9-10-11-19-14(18)15(4-2,12-16)13-17/h16-17H,3-13H2,1-2H3. The molecule has 0 fully saturated rings. The minimum absolute atomic E-state index is 0.365. The Labute approximate surface area is 117 Å². The Morgan fingerprint density at radius 2 is 1.47 bits per heavy atom. The molecule has 0 saturated carbocycles. The highest BCUT2D eigenvalue weighted by molar-refractivity contribution is 5.77. The molecule has 114 valence electrons. The largest absolute Gasteiger partial charge is 0.465 e. The maximum atomic E-state index is 11.8. The molecule has 0 atom stereocenters. The average Bonchev–Trinajstić information content (AvgIpc) is 2.44. The van der Waals surface area contributed by atoms with Crippen molar-refractivity contribution in [3.05, 3.63) is 0 Å². The summed E-state index contributed by atoms with van der Waals surface area (Å²) in [5.74, 6) is -0.481. The second kappa shape index (κ2) is 11.2. The first-order valence-electron chi connectivity index (χ1n) is 7.55. The van der Waals surface area contributed by atoms with Crippen molar-refractivity contribution >= 4 is 5.97 Å². The molecule has 4 heteroatoms. The summed E-state index contributed by atoms with van der Waals surface area (Å²) in [5.41, 5.74) is -1.12. The van der Waals surface area contributed by atoms with Gasteiger partial charge in [0.25, 0.3) is 0 Å². The lowest BCUT2D eigenvalue weighted by Gasteiger charge is -2.25. The molecule has 0 aromatic rings. The van der Waals surface area contributed by atoms with Gasteiger partial charge in [-0.3, -0.25) is 4.79 Å². The number of rotatable bonds is 12. The molecule has 0 aliphatic heterocycles. The summed E-state index contributed by atoms with van der Waals surface area (Å²) in [7, 11) is 0. The normalized spacial score (nSPS) is 11.6. The van der Waals surface area contributed by atoms with Crippen LogP contribution in [0.5, 0.6) is 0 Å². The van der Waals surface area contributed by atoms with Crippen molar-refractivity contribution in [2.24, 2.45) is 5.41 Å². The Morgan fingerprint density at radius 1 is 0.947 bits per heavy atom. The van der Waals surface area contributed by atoms with Gasteiger partial charge in [-0.1, -0.05) is 52.4 Å². The van der Waals surface area contributed by atoms with Crippen molar-refractivity contribution in [1.29, 1.82) is 0 Å². The van der Waals surface area contributed by atoms with E-state index >= 15 is 0 Å². The third kappa shape index (κ3) is 6.92. The molecule has 19 heavy (non-hydrogen) atoms. The van der Waals surface area contributed by atoms with Crippen LogP contribution in [0.25, 0.3) is 0 Å². The maximum Gasteiger partial charge on any atom is 0.316 e. The summed E-state index contributed by atoms with van der Waals surface area (Å²) in [6.07, 6.45) is 8.55. The first kappa shape index (κ1) is 18.4. The molecule has 0 spiro atoms. The topological polar surface area (TPSA) is 66.8 Å². The fourth-order valence-electron chi connectivity index (χ4n) is 1.92. The van der Waals surface area contributed by atoms with Crippen molar-refractivity contribution < 1.29 is 19.7 Å². The summed E-state index contributed by atoms with van der Waals surface area (Å²) in [6.45, 7) is 3.61. The Kier molecular flexibility index (Phi) is 10.9. The van der Waals surface area contributed by atoms with Crippen molar-refractivity contribution in [1.82, 2.24) is 0 Å². The third-order valence-electron chi connectivity index (χ3n) is 3.70. The smallest absolute Gasteiger partial charge is 0.316 e. The van der Waals surface area contributed by atoms with Crippen LogP contribution in [0.15, 0.2) is 0 Å². The van der Waals surface area contributed by atoms with Gasteiger partial charge < -0.3 is 14.9 Å². The highest BCUT2D eigenvalue weighted by atomic mass is 16.5. The lowest BCUT2D eigenvalue weighted by molar-refractivity contribution is -0.162. The quantitative estimate of drug-likeness (QED) is 0.424.